The van der Waals surface area contributed by atoms with E-state index in [0.717, 1.165) is 5.56 Å². The first-order valence-corrected chi connectivity index (χ1v) is 6.63. The van der Waals surface area contributed by atoms with Crippen LogP contribution in [0.15, 0.2) is 24.3 Å². The van der Waals surface area contributed by atoms with Gasteiger partial charge in [0.25, 0.3) is 0 Å². The van der Waals surface area contributed by atoms with E-state index in [1.165, 1.54) is 0 Å². The van der Waals surface area contributed by atoms with Gasteiger partial charge in [-0.25, -0.2) is 0 Å². The molecule has 2 N–H and O–H groups in total. The van der Waals surface area contributed by atoms with Crippen LogP contribution in [0.5, 0.6) is 0 Å². The van der Waals surface area contributed by atoms with Crippen molar-refractivity contribution in [2.24, 2.45) is 11.7 Å². The summed E-state index contributed by atoms with van der Waals surface area (Å²) in [5, 5.41) is 0.692. The van der Waals surface area contributed by atoms with Crippen LogP contribution in [-0.4, -0.2) is 23.4 Å². The number of rotatable bonds is 5. The van der Waals surface area contributed by atoms with E-state index < -0.39 is 0 Å². The van der Waals surface area contributed by atoms with Crippen molar-refractivity contribution in [2.75, 3.05) is 6.54 Å². The Morgan fingerprint density at radius 3 is 2.42 bits per heavy atom. The van der Waals surface area contributed by atoms with Crippen molar-refractivity contribution in [3.05, 3.63) is 34.9 Å². The Hall–Kier alpha value is -0.770. The van der Waals surface area contributed by atoms with Crippen LogP contribution in [0, 0.1) is 5.92 Å². The Kier molecular flexibility index (Phi) is 8.07. The molecule has 5 heteroatoms. The first-order chi connectivity index (χ1) is 8.47. The molecule has 0 saturated carbocycles. The summed E-state index contributed by atoms with van der Waals surface area (Å²) in [5.41, 5.74) is 6.74. The second-order valence-electron chi connectivity index (χ2n) is 4.59. The molecule has 1 aromatic rings. The lowest BCUT2D eigenvalue weighted by Gasteiger charge is -2.26. The Morgan fingerprint density at radius 2 is 1.95 bits per heavy atom. The van der Waals surface area contributed by atoms with E-state index in [-0.39, 0.29) is 30.3 Å². The standard InChI is InChI=1S/C14H21ClN2O.ClH/c1-4-17(14(18)10(2)11(3)16)9-12-7-5-6-8-13(12)15;/h5-8,10-11H,4,9,16H2,1-3H3;1H. The highest BCUT2D eigenvalue weighted by atomic mass is 35.5. The maximum absolute atomic E-state index is 12.2. The molecular weight excluding hydrogens is 283 g/mol. The molecule has 0 fully saturated rings. The molecule has 0 aliphatic heterocycles. The highest BCUT2D eigenvalue weighted by Gasteiger charge is 2.22. The molecule has 3 nitrogen and oxygen atoms in total. The van der Waals surface area contributed by atoms with Gasteiger partial charge in [-0.2, -0.15) is 0 Å². The van der Waals surface area contributed by atoms with E-state index in [2.05, 4.69) is 0 Å². The van der Waals surface area contributed by atoms with Gasteiger partial charge < -0.3 is 10.6 Å². The molecule has 0 radical (unpaired) electrons. The van der Waals surface area contributed by atoms with Gasteiger partial charge in [-0.3, -0.25) is 4.79 Å². The van der Waals surface area contributed by atoms with Gasteiger partial charge in [0.1, 0.15) is 0 Å². The third kappa shape index (κ3) is 5.01. The zero-order valence-corrected chi connectivity index (χ0v) is 13.2. The molecule has 1 aromatic carbocycles. The first-order valence-electron chi connectivity index (χ1n) is 6.25. The lowest BCUT2D eigenvalue weighted by molar-refractivity contribution is -0.135. The highest BCUT2D eigenvalue weighted by molar-refractivity contribution is 6.31. The van der Waals surface area contributed by atoms with Gasteiger partial charge in [-0.1, -0.05) is 36.7 Å². The summed E-state index contributed by atoms with van der Waals surface area (Å²) in [6, 6.07) is 7.44. The Labute approximate surface area is 126 Å². The number of carbonyl (C=O) groups excluding carboxylic acids is 1. The number of benzene rings is 1. The van der Waals surface area contributed by atoms with Crippen molar-refractivity contribution >= 4 is 29.9 Å². The van der Waals surface area contributed by atoms with Gasteiger partial charge in [0.2, 0.25) is 5.91 Å². The predicted molar refractivity (Wildman–Crippen MR) is 82.6 cm³/mol. The van der Waals surface area contributed by atoms with Gasteiger partial charge in [0.15, 0.2) is 0 Å². The van der Waals surface area contributed by atoms with Crippen molar-refractivity contribution in [2.45, 2.75) is 33.4 Å². The molecule has 1 amide bonds. The quantitative estimate of drug-likeness (QED) is 0.908. The summed E-state index contributed by atoms with van der Waals surface area (Å²) >= 11 is 6.11. The van der Waals surface area contributed by atoms with Crippen LogP contribution in [0.25, 0.3) is 0 Å². The smallest absolute Gasteiger partial charge is 0.227 e. The SMILES string of the molecule is CCN(Cc1ccccc1Cl)C(=O)C(C)C(C)N.Cl. The fourth-order valence-corrected chi connectivity index (χ4v) is 1.89. The minimum Gasteiger partial charge on any atom is -0.338 e. The molecule has 2 unspecified atom stereocenters. The zero-order valence-electron chi connectivity index (χ0n) is 11.6. The van der Waals surface area contributed by atoms with E-state index in [1.54, 1.807) is 4.90 Å². The molecule has 0 aliphatic carbocycles. The lowest BCUT2D eigenvalue weighted by atomic mass is 10.0. The second-order valence-corrected chi connectivity index (χ2v) is 5.00. The summed E-state index contributed by atoms with van der Waals surface area (Å²) < 4.78 is 0. The van der Waals surface area contributed by atoms with Gasteiger partial charge in [-0.15, -0.1) is 12.4 Å². The topological polar surface area (TPSA) is 46.3 Å². The molecule has 0 aliphatic rings. The lowest BCUT2D eigenvalue weighted by Crippen LogP contribution is -2.41. The third-order valence-electron chi connectivity index (χ3n) is 3.19. The monoisotopic (exact) mass is 304 g/mol. The zero-order chi connectivity index (χ0) is 13.7. The number of nitrogens with two attached hydrogens (primary N) is 1. The summed E-state index contributed by atoms with van der Waals surface area (Å²) in [4.78, 5) is 14.0. The Balaban J connectivity index is 0.00000324. The third-order valence-corrected chi connectivity index (χ3v) is 3.56. The first kappa shape index (κ1) is 18.2. The largest absolute Gasteiger partial charge is 0.338 e. The molecule has 0 saturated heterocycles. The van der Waals surface area contributed by atoms with E-state index in [1.807, 2.05) is 45.0 Å². The summed E-state index contributed by atoms with van der Waals surface area (Å²) in [5.74, 6) is -0.0974. The van der Waals surface area contributed by atoms with Crippen molar-refractivity contribution in [1.82, 2.24) is 4.90 Å². The van der Waals surface area contributed by atoms with Crippen LogP contribution < -0.4 is 5.73 Å². The van der Waals surface area contributed by atoms with Gasteiger partial charge in [-0.05, 0) is 25.5 Å². The second kappa shape index (κ2) is 8.41. The molecule has 0 heterocycles. The van der Waals surface area contributed by atoms with Crippen molar-refractivity contribution in [3.63, 3.8) is 0 Å². The number of halogens is 2. The van der Waals surface area contributed by atoms with Crippen LogP contribution in [0.3, 0.4) is 0 Å². The molecule has 0 spiro atoms. The van der Waals surface area contributed by atoms with Gasteiger partial charge in [0, 0.05) is 24.2 Å². The van der Waals surface area contributed by atoms with E-state index in [0.29, 0.717) is 18.1 Å². The molecule has 19 heavy (non-hydrogen) atoms. The number of hydrogen-bond donors (Lipinski definition) is 1. The number of carbonyl (C=O) groups is 1. The Morgan fingerprint density at radius 1 is 1.37 bits per heavy atom. The summed E-state index contributed by atoms with van der Waals surface area (Å²) in [6.45, 7) is 6.87. The highest BCUT2D eigenvalue weighted by Crippen LogP contribution is 2.18. The van der Waals surface area contributed by atoms with E-state index in [4.69, 9.17) is 17.3 Å². The fraction of sp³-hybridized carbons (Fsp3) is 0.500. The van der Waals surface area contributed by atoms with E-state index in [9.17, 15) is 4.79 Å². The van der Waals surface area contributed by atoms with Crippen molar-refractivity contribution in [3.8, 4) is 0 Å². The van der Waals surface area contributed by atoms with Crippen LogP contribution in [-0.2, 0) is 11.3 Å². The van der Waals surface area contributed by atoms with Crippen LogP contribution >= 0.6 is 24.0 Å². The van der Waals surface area contributed by atoms with Crippen molar-refractivity contribution < 1.29 is 4.79 Å². The normalized spacial score (nSPS) is 13.3. The fourth-order valence-electron chi connectivity index (χ4n) is 1.69. The van der Waals surface area contributed by atoms with Crippen LogP contribution in [0.4, 0.5) is 0 Å². The van der Waals surface area contributed by atoms with Gasteiger partial charge >= 0.3 is 0 Å². The molecule has 1 rings (SSSR count). The number of hydrogen-bond acceptors (Lipinski definition) is 2. The summed E-state index contributed by atoms with van der Waals surface area (Å²) in [7, 11) is 0. The molecule has 108 valence electrons. The van der Waals surface area contributed by atoms with Crippen LogP contribution in [0.2, 0.25) is 5.02 Å². The average Bonchev–Trinajstić information content (AvgIpc) is 2.36. The molecule has 2 atom stereocenters. The minimum atomic E-state index is -0.174. The number of amides is 1. The molecular formula is C14H22Cl2N2O. The minimum absolute atomic E-state index is 0. The predicted octanol–water partition coefficient (Wildman–Crippen LogP) is 3.09. The van der Waals surface area contributed by atoms with Crippen molar-refractivity contribution in [1.29, 1.82) is 0 Å². The maximum Gasteiger partial charge on any atom is 0.227 e. The summed E-state index contributed by atoms with van der Waals surface area (Å²) in [6.07, 6.45) is 0. The Bertz CT molecular complexity index is 410. The van der Waals surface area contributed by atoms with E-state index >= 15 is 0 Å². The van der Waals surface area contributed by atoms with Gasteiger partial charge in [0.05, 0.1) is 5.92 Å². The maximum atomic E-state index is 12.2. The molecule has 0 bridgehead atoms. The van der Waals surface area contributed by atoms with Crippen LogP contribution in [0.1, 0.15) is 26.3 Å². The molecule has 0 aromatic heterocycles. The average molecular weight is 305 g/mol. The number of nitrogens with zero attached hydrogens (tertiary/aromatic N) is 1.